The van der Waals surface area contributed by atoms with Crippen LogP contribution in [0.4, 0.5) is 0 Å². The molecule has 94 valence electrons. The second-order valence-electron chi connectivity index (χ2n) is 5.05. The Balaban J connectivity index is 2.10. The molecule has 0 saturated heterocycles. The van der Waals surface area contributed by atoms with Gasteiger partial charge in [-0.2, -0.15) is 5.10 Å². The standard InChI is InChI=1S/C12H19N3O2/c1-8(2)15-11(13-7-14-15)6-9-4-3-5-10(9)12(16)17/h7-10H,3-6H2,1-2H3,(H,16,17). The molecular weight excluding hydrogens is 218 g/mol. The highest BCUT2D eigenvalue weighted by Gasteiger charge is 2.33. The minimum absolute atomic E-state index is 0.202. The van der Waals surface area contributed by atoms with Gasteiger partial charge in [0, 0.05) is 12.5 Å². The Morgan fingerprint density at radius 2 is 2.35 bits per heavy atom. The van der Waals surface area contributed by atoms with Crippen molar-refractivity contribution in [1.82, 2.24) is 14.8 Å². The molecule has 1 aromatic heterocycles. The van der Waals surface area contributed by atoms with Gasteiger partial charge in [-0.15, -0.1) is 0 Å². The Morgan fingerprint density at radius 1 is 1.59 bits per heavy atom. The summed E-state index contributed by atoms with van der Waals surface area (Å²) >= 11 is 0. The molecule has 1 saturated carbocycles. The van der Waals surface area contributed by atoms with Crippen LogP contribution in [-0.4, -0.2) is 25.8 Å². The molecule has 0 aliphatic heterocycles. The molecule has 2 unspecified atom stereocenters. The maximum Gasteiger partial charge on any atom is 0.306 e. The Bertz CT molecular complexity index is 400. The number of hydrogen-bond donors (Lipinski definition) is 1. The summed E-state index contributed by atoms with van der Waals surface area (Å²) in [6, 6.07) is 0.275. The summed E-state index contributed by atoms with van der Waals surface area (Å²) in [7, 11) is 0. The van der Waals surface area contributed by atoms with Gasteiger partial charge in [0.25, 0.3) is 0 Å². The first kappa shape index (κ1) is 12.1. The predicted molar refractivity (Wildman–Crippen MR) is 62.6 cm³/mol. The fourth-order valence-corrected chi connectivity index (χ4v) is 2.69. The average Bonchev–Trinajstić information content (AvgIpc) is 2.86. The number of carbonyl (C=O) groups is 1. The second-order valence-corrected chi connectivity index (χ2v) is 5.05. The van der Waals surface area contributed by atoms with E-state index in [9.17, 15) is 4.79 Å². The summed E-state index contributed by atoms with van der Waals surface area (Å²) in [5.74, 6) is 0.266. The number of carboxylic acids is 1. The topological polar surface area (TPSA) is 68.0 Å². The van der Waals surface area contributed by atoms with E-state index in [1.807, 2.05) is 4.68 Å². The molecule has 1 aliphatic rings. The molecule has 1 heterocycles. The van der Waals surface area contributed by atoms with Gasteiger partial charge in [-0.3, -0.25) is 4.79 Å². The van der Waals surface area contributed by atoms with Gasteiger partial charge >= 0.3 is 5.97 Å². The first-order valence-electron chi connectivity index (χ1n) is 6.20. The third-order valence-corrected chi connectivity index (χ3v) is 3.56. The van der Waals surface area contributed by atoms with Gasteiger partial charge in [-0.25, -0.2) is 9.67 Å². The lowest BCUT2D eigenvalue weighted by molar-refractivity contribution is -0.142. The summed E-state index contributed by atoms with van der Waals surface area (Å²) in [5, 5.41) is 13.3. The van der Waals surface area contributed by atoms with Crippen LogP contribution in [0.1, 0.15) is 45.0 Å². The van der Waals surface area contributed by atoms with Gasteiger partial charge in [0.1, 0.15) is 12.2 Å². The maximum absolute atomic E-state index is 11.1. The molecule has 5 heteroatoms. The number of carboxylic acid groups (broad SMARTS) is 1. The summed E-state index contributed by atoms with van der Waals surface area (Å²) in [5.41, 5.74) is 0. The van der Waals surface area contributed by atoms with Crippen LogP contribution in [0.15, 0.2) is 6.33 Å². The molecule has 1 aliphatic carbocycles. The quantitative estimate of drug-likeness (QED) is 0.868. The lowest BCUT2D eigenvalue weighted by atomic mass is 9.92. The second kappa shape index (κ2) is 4.85. The zero-order valence-corrected chi connectivity index (χ0v) is 10.3. The zero-order chi connectivity index (χ0) is 12.4. The van der Waals surface area contributed by atoms with E-state index in [0.717, 1.165) is 31.5 Å². The van der Waals surface area contributed by atoms with Gasteiger partial charge in [0.05, 0.1) is 5.92 Å². The van der Waals surface area contributed by atoms with Gasteiger partial charge in [0.2, 0.25) is 0 Å². The van der Waals surface area contributed by atoms with E-state index >= 15 is 0 Å². The predicted octanol–water partition coefficient (Wildman–Crippen LogP) is 1.90. The molecular formula is C12H19N3O2. The van der Waals surface area contributed by atoms with Crippen molar-refractivity contribution < 1.29 is 9.90 Å². The van der Waals surface area contributed by atoms with E-state index in [-0.39, 0.29) is 17.9 Å². The van der Waals surface area contributed by atoms with E-state index in [0.29, 0.717) is 0 Å². The lowest BCUT2D eigenvalue weighted by Gasteiger charge is -2.16. The Hall–Kier alpha value is -1.39. The van der Waals surface area contributed by atoms with Crippen molar-refractivity contribution in [3.8, 4) is 0 Å². The van der Waals surface area contributed by atoms with Gasteiger partial charge in [-0.1, -0.05) is 6.42 Å². The zero-order valence-electron chi connectivity index (χ0n) is 10.3. The molecule has 0 amide bonds. The van der Waals surface area contributed by atoms with Crippen LogP contribution in [-0.2, 0) is 11.2 Å². The number of nitrogens with zero attached hydrogens (tertiary/aromatic N) is 3. The van der Waals surface area contributed by atoms with Crippen LogP contribution in [0.25, 0.3) is 0 Å². The Labute approximate surface area is 101 Å². The fourth-order valence-electron chi connectivity index (χ4n) is 2.69. The van der Waals surface area contributed by atoms with Crippen LogP contribution in [0.5, 0.6) is 0 Å². The van der Waals surface area contributed by atoms with Crippen LogP contribution >= 0.6 is 0 Å². The van der Waals surface area contributed by atoms with Crippen molar-refractivity contribution in [2.45, 2.75) is 45.6 Å². The highest BCUT2D eigenvalue weighted by molar-refractivity contribution is 5.70. The summed E-state index contributed by atoms with van der Waals surface area (Å²) < 4.78 is 1.89. The van der Waals surface area contributed by atoms with Gasteiger partial charge < -0.3 is 5.11 Å². The maximum atomic E-state index is 11.1. The third kappa shape index (κ3) is 2.48. The lowest BCUT2D eigenvalue weighted by Crippen LogP contribution is -2.22. The highest BCUT2D eigenvalue weighted by Crippen LogP contribution is 2.34. The molecule has 1 aromatic rings. The monoisotopic (exact) mass is 237 g/mol. The molecule has 2 atom stereocenters. The Morgan fingerprint density at radius 3 is 3.00 bits per heavy atom. The first-order chi connectivity index (χ1) is 8.09. The smallest absolute Gasteiger partial charge is 0.306 e. The third-order valence-electron chi connectivity index (χ3n) is 3.56. The van der Waals surface area contributed by atoms with Crippen molar-refractivity contribution in [3.05, 3.63) is 12.2 Å². The largest absolute Gasteiger partial charge is 0.481 e. The minimum Gasteiger partial charge on any atom is -0.481 e. The van der Waals surface area contributed by atoms with Crippen LogP contribution in [0.3, 0.4) is 0 Å². The molecule has 17 heavy (non-hydrogen) atoms. The highest BCUT2D eigenvalue weighted by atomic mass is 16.4. The molecule has 0 bridgehead atoms. The number of aromatic nitrogens is 3. The van der Waals surface area contributed by atoms with Crippen LogP contribution < -0.4 is 0 Å². The van der Waals surface area contributed by atoms with Gasteiger partial charge in [0.15, 0.2) is 0 Å². The molecule has 0 aromatic carbocycles. The van der Waals surface area contributed by atoms with Crippen molar-refractivity contribution in [2.75, 3.05) is 0 Å². The van der Waals surface area contributed by atoms with E-state index in [1.165, 1.54) is 0 Å². The first-order valence-corrected chi connectivity index (χ1v) is 6.20. The van der Waals surface area contributed by atoms with Crippen LogP contribution in [0, 0.1) is 11.8 Å². The number of aliphatic carboxylic acids is 1. The molecule has 0 radical (unpaired) electrons. The molecule has 2 rings (SSSR count). The van der Waals surface area contributed by atoms with E-state index in [4.69, 9.17) is 5.11 Å². The van der Waals surface area contributed by atoms with Crippen molar-refractivity contribution in [2.24, 2.45) is 11.8 Å². The molecule has 1 N–H and O–H groups in total. The fraction of sp³-hybridized carbons (Fsp3) is 0.750. The van der Waals surface area contributed by atoms with E-state index in [1.54, 1.807) is 6.33 Å². The average molecular weight is 237 g/mol. The summed E-state index contributed by atoms with van der Waals surface area (Å²) in [6.45, 7) is 4.11. The van der Waals surface area contributed by atoms with Crippen LogP contribution in [0.2, 0.25) is 0 Å². The normalized spacial score (nSPS) is 24.4. The van der Waals surface area contributed by atoms with Crippen molar-refractivity contribution in [3.63, 3.8) is 0 Å². The molecule has 0 spiro atoms. The summed E-state index contributed by atoms with van der Waals surface area (Å²) in [4.78, 5) is 15.4. The van der Waals surface area contributed by atoms with Gasteiger partial charge in [-0.05, 0) is 32.6 Å². The van der Waals surface area contributed by atoms with E-state index in [2.05, 4.69) is 23.9 Å². The molecule has 5 nitrogen and oxygen atoms in total. The Kier molecular flexibility index (Phi) is 3.45. The SMILES string of the molecule is CC(C)n1ncnc1CC1CCCC1C(=O)O. The van der Waals surface area contributed by atoms with E-state index < -0.39 is 5.97 Å². The minimum atomic E-state index is -0.664. The van der Waals surface area contributed by atoms with Crippen molar-refractivity contribution in [1.29, 1.82) is 0 Å². The summed E-state index contributed by atoms with van der Waals surface area (Å²) in [6.07, 6.45) is 5.09. The molecule has 1 fully saturated rings. The number of hydrogen-bond acceptors (Lipinski definition) is 3. The van der Waals surface area contributed by atoms with Crippen molar-refractivity contribution >= 4 is 5.97 Å². The number of rotatable bonds is 4.